The summed E-state index contributed by atoms with van der Waals surface area (Å²) in [4.78, 5) is 0. The lowest BCUT2D eigenvalue weighted by Crippen LogP contribution is -2.28. The first-order valence-electron chi connectivity index (χ1n) is 4.67. The third kappa shape index (κ3) is 1.80. The van der Waals surface area contributed by atoms with Crippen molar-refractivity contribution in [3.05, 3.63) is 22.7 Å². The summed E-state index contributed by atoms with van der Waals surface area (Å²) in [6, 6.07) is 3.52. The Hall–Kier alpha value is -0.745. The molecule has 0 amide bonds. The van der Waals surface area contributed by atoms with Gasteiger partial charge in [0.25, 0.3) is 0 Å². The van der Waals surface area contributed by atoms with Gasteiger partial charge < -0.3 is 14.8 Å². The van der Waals surface area contributed by atoms with E-state index in [1.807, 2.05) is 6.92 Å². The highest BCUT2D eigenvalue weighted by Gasteiger charge is 2.21. The summed E-state index contributed by atoms with van der Waals surface area (Å²) in [7, 11) is 0.107. The van der Waals surface area contributed by atoms with Gasteiger partial charge in [-0.05, 0) is 18.6 Å². The van der Waals surface area contributed by atoms with E-state index in [1.54, 1.807) is 19.2 Å². The number of rotatable bonds is 2. The molecular weight excluding hydrogens is 246 g/mol. The van der Waals surface area contributed by atoms with E-state index in [2.05, 4.69) is 0 Å². The number of fused-ring (bicyclic) bond motifs is 1. The zero-order valence-electron chi connectivity index (χ0n) is 8.82. The van der Waals surface area contributed by atoms with Crippen LogP contribution in [0, 0.1) is 6.92 Å². The normalized spacial score (nSPS) is 10.8. The van der Waals surface area contributed by atoms with Crippen LogP contribution in [0.4, 0.5) is 0 Å². The van der Waals surface area contributed by atoms with Gasteiger partial charge in [-0.2, -0.15) is 0 Å². The summed E-state index contributed by atoms with van der Waals surface area (Å²) in [5, 5.41) is 19.9. The van der Waals surface area contributed by atoms with Crippen molar-refractivity contribution < 1.29 is 14.8 Å². The molecule has 6 heteroatoms. The molecule has 0 aliphatic rings. The summed E-state index contributed by atoms with van der Waals surface area (Å²) in [6.07, 6.45) is 0. The van der Waals surface area contributed by atoms with Crippen molar-refractivity contribution >= 4 is 44.9 Å². The monoisotopic (exact) mass is 256 g/mol. The van der Waals surface area contributed by atoms with Gasteiger partial charge in [-0.15, -0.1) is 11.3 Å². The van der Waals surface area contributed by atoms with Gasteiger partial charge in [-0.1, -0.05) is 11.6 Å². The Balaban J connectivity index is 2.80. The summed E-state index contributed by atoms with van der Waals surface area (Å²) in [6.45, 7) is 1.84. The van der Waals surface area contributed by atoms with Crippen molar-refractivity contribution in [1.29, 1.82) is 0 Å². The third-order valence-corrected chi connectivity index (χ3v) is 4.04. The van der Waals surface area contributed by atoms with Crippen LogP contribution in [0.2, 0.25) is 5.02 Å². The minimum absolute atomic E-state index is 0.524. The van der Waals surface area contributed by atoms with Crippen LogP contribution in [-0.2, 0) is 0 Å². The molecule has 0 aliphatic carbocycles. The number of benzene rings is 1. The molecule has 16 heavy (non-hydrogen) atoms. The Morgan fingerprint density at radius 3 is 2.62 bits per heavy atom. The van der Waals surface area contributed by atoms with Crippen molar-refractivity contribution in [1.82, 2.24) is 0 Å². The molecule has 0 fully saturated rings. The molecule has 0 bridgehead atoms. The maximum Gasteiger partial charge on any atom is 0.499 e. The number of aryl methyl sites for hydroxylation is 1. The maximum absolute atomic E-state index is 9.23. The Labute approximate surface area is 102 Å². The van der Waals surface area contributed by atoms with Crippen molar-refractivity contribution in [2.24, 2.45) is 0 Å². The summed E-state index contributed by atoms with van der Waals surface area (Å²) < 4.78 is 6.62. The fourth-order valence-corrected chi connectivity index (χ4v) is 3.03. The standard InChI is InChI=1S/C10H10BClO3S/c1-5-7-3-6(12)4-8(15-2)9(7)16-10(5)11(13)14/h3-4,13-14H,1-2H3. The summed E-state index contributed by atoms with van der Waals surface area (Å²) in [5.41, 5.74) is 0.829. The average molecular weight is 257 g/mol. The van der Waals surface area contributed by atoms with E-state index in [4.69, 9.17) is 16.3 Å². The molecule has 2 aromatic rings. The largest absolute Gasteiger partial charge is 0.499 e. The van der Waals surface area contributed by atoms with Gasteiger partial charge >= 0.3 is 7.12 Å². The van der Waals surface area contributed by atoms with E-state index in [9.17, 15) is 10.0 Å². The van der Waals surface area contributed by atoms with E-state index in [1.165, 1.54) is 11.3 Å². The lowest BCUT2D eigenvalue weighted by molar-refractivity contribution is 0.420. The molecule has 0 aliphatic heterocycles. The topological polar surface area (TPSA) is 49.7 Å². The Morgan fingerprint density at radius 1 is 1.38 bits per heavy atom. The highest BCUT2D eigenvalue weighted by Crippen LogP contribution is 2.35. The molecule has 0 spiro atoms. The Kier molecular flexibility index (Phi) is 3.12. The van der Waals surface area contributed by atoms with Crippen LogP contribution in [0.15, 0.2) is 12.1 Å². The van der Waals surface area contributed by atoms with Gasteiger partial charge in [0.2, 0.25) is 0 Å². The molecule has 2 rings (SSSR count). The molecule has 0 saturated carbocycles. The molecular formula is C10H10BClO3S. The number of hydrogen-bond donors (Lipinski definition) is 2. The predicted octanol–water partition coefficient (Wildman–Crippen LogP) is 1.55. The fraction of sp³-hybridized carbons (Fsp3) is 0.200. The number of methoxy groups -OCH3 is 1. The van der Waals surface area contributed by atoms with E-state index in [0.717, 1.165) is 15.6 Å². The third-order valence-electron chi connectivity index (χ3n) is 2.46. The molecule has 84 valence electrons. The van der Waals surface area contributed by atoms with Crippen molar-refractivity contribution in [3.8, 4) is 5.75 Å². The summed E-state index contributed by atoms with van der Waals surface area (Å²) >= 11 is 7.27. The van der Waals surface area contributed by atoms with Gasteiger partial charge in [0.05, 0.1) is 11.8 Å². The predicted molar refractivity (Wildman–Crippen MR) is 67.9 cm³/mol. The Morgan fingerprint density at radius 2 is 2.06 bits per heavy atom. The van der Waals surface area contributed by atoms with Crippen LogP contribution in [0.5, 0.6) is 5.75 Å². The molecule has 1 aromatic carbocycles. The zero-order valence-corrected chi connectivity index (χ0v) is 10.4. The fourth-order valence-electron chi connectivity index (χ4n) is 1.67. The first-order valence-corrected chi connectivity index (χ1v) is 5.86. The van der Waals surface area contributed by atoms with Crippen LogP contribution in [0.1, 0.15) is 5.56 Å². The van der Waals surface area contributed by atoms with Crippen molar-refractivity contribution in [3.63, 3.8) is 0 Å². The van der Waals surface area contributed by atoms with Gasteiger partial charge in [0, 0.05) is 21.3 Å². The molecule has 2 N–H and O–H groups in total. The SMILES string of the molecule is COc1cc(Cl)cc2c(C)c(B(O)O)sc12. The zero-order chi connectivity index (χ0) is 11.9. The van der Waals surface area contributed by atoms with Crippen LogP contribution < -0.4 is 9.51 Å². The number of ether oxygens (including phenoxy) is 1. The van der Waals surface area contributed by atoms with Crippen LogP contribution in [0.3, 0.4) is 0 Å². The van der Waals surface area contributed by atoms with Crippen molar-refractivity contribution in [2.75, 3.05) is 7.11 Å². The number of halogens is 1. The number of thiophene rings is 1. The lowest BCUT2D eigenvalue weighted by atomic mass is 9.86. The molecule has 1 aromatic heterocycles. The number of hydrogen-bond acceptors (Lipinski definition) is 4. The quantitative estimate of drug-likeness (QED) is 0.802. The maximum atomic E-state index is 9.23. The van der Waals surface area contributed by atoms with E-state index in [-0.39, 0.29) is 0 Å². The van der Waals surface area contributed by atoms with Gasteiger partial charge in [-0.3, -0.25) is 0 Å². The molecule has 0 unspecified atom stereocenters. The second-order valence-corrected chi connectivity index (χ2v) is 4.94. The molecule has 0 saturated heterocycles. The van der Waals surface area contributed by atoms with Crippen molar-refractivity contribution in [2.45, 2.75) is 6.92 Å². The smallest absolute Gasteiger partial charge is 0.495 e. The molecule has 0 radical (unpaired) electrons. The van der Waals surface area contributed by atoms with E-state index < -0.39 is 7.12 Å². The highest BCUT2D eigenvalue weighted by molar-refractivity contribution is 7.28. The highest BCUT2D eigenvalue weighted by atomic mass is 35.5. The Bertz CT molecular complexity index is 538. The van der Waals surface area contributed by atoms with Gasteiger partial charge in [0.15, 0.2) is 0 Å². The summed E-state index contributed by atoms with van der Waals surface area (Å²) in [5.74, 6) is 0.655. The second kappa shape index (κ2) is 4.26. The molecule has 1 heterocycles. The van der Waals surface area contributed by atoms with Gasteiger partial charge in [0.1, 0.15) is 5.75 Å². The van der Waals surface area contributed by atoms with Crippen LogP contribution in [0.25, 0.3) is 10.1 Å². The molecule has 3 nitrogen and oxygen atoms in total. The first kappa shape index (κ1) is 11.7. The van der Waals surface area contributed by atoms with E-state index in [0.29, 0.717) is 15.5 Å². The first-order chi connectivity index (χ1) is 7.54. The van der Waals surface area contributed by atoms with E-state index >= 15 is 0 Å². The average Bonchev–Trinajstić information content (AvgIpc) is 2.55. The minimum Gasteiger partial charge on any atom is -0.495 e. The van der Waals surface area contributed by atoms with Crippen LogP contribution in [-0.4, -0.2) is 24.3 Å². The van der Waals surface area contributed by atoms with Crippen LogP contribution >= 0.6 is 22.9 Å². The molecule has 0 atom stereocenters. The minimum atomic E-state index is -1.46. The lowest BCUT2D eigenvalue weighted by Gasteiger charge is -2.02. The van der Waals surface area contributed by atoms with Gasteiger partial charge in [-0.25, -0.2) is 0 Å². The second-order valence-electron chi connectivity index (χ2n) is 3.45.